The molecular formula is C9H13BrN3O4+. The molecule has 1 aliphatic heterocycles. The van der Waals surface area contributed by atoms with Gasteiger partial charge in [0.1, 0.15) is 13.0 Å². The number of likely N-dealkylation sites (N-methyl/N-ethyl adjacent to an activating group) is 1. The number of hydrogen-bond acceptors (Lipinski definition) is 4. The molecule has 0 aromatic carbocycles. The van der Waals surface area contributed by atoms with Crippen molar-refractivity contribution in [3.8, 4) is 0 Å². The van der Waals surface area contributed by atoms with Crippen LogP contribution < -0.4 is 4.90 Å². The van der Waals surface area contributed by atoms with E-state index in [0.29, 0.717) is 11.0 Å². The smallest absolute Gasteiger partial charge is 0.307 e. The molecule has 0 saturated carbocycles. The third-order valence-corrected chi connectivity index (χ3v) is 4.75. The van der Waals surface area contributed by atoms with Crippen molar-refractivity contribution in [1.82, 2.24) is 0 Å². The minimum atomic E-state index is -1.33. The van der Waals surface area contributed by atoms with Crippen LogP contribution in [0.2, 0.25) is 0 Å². The molecule has 0 amide bonds. The zero-order chi connectivity index (χ0) is 12.8. The van der Waals surface area contributed by atoms with E-state index >= 15 is 0 Å². The van der Waals surface area contributed by atoms with Gasteiger partial charge >= 0.3 is 5.54 Å². The van der Waals surface area contributed by atoms with E-state index in [9.17, 15) is 20.2 Å². The molecule has 94 valence electrons. The predicted octanol–water partition coefficient (Wildman–Crippen LogP) is -0.382. The fraction of sp³-hybridized carbons (Fsp3) is 0.778. The maximum Gasteiger partial charge on any atom is 0.307 e. The van der Waals surface area contributed by atoms with E-state index in [2.05, 4.69) is 15.9 Å². The van der Waals surface area contributed by atoms with Crippen molar-refractivity contribution < 1.29 is 14.7 Å². The summed E-state index contributed by atoms with van der Waals surface area (Å²) in [6.07, 6.45) is 1.84. The first kappa shape index (κ1) is 12.4. The molecule has 1 heterocycles. The van der Waals surface area contributed by atoms with E-state index in [4.69, 9.17) is 0 Å². The molecule has 0 aromatic rings. The molecule has 3 atom stereocenters. The number of nitrogens with one attached hydrogen (secondary N) is 1. The molecule has 17 heavy (non-hydrogen) atoms. The Morgan fingerprint density at radius 1 is 1.35 bits per heavy atom. The highest BCUT2D eigenvalue weighted by Gasteiger charge is 2.67. The number of nitro groups is 2. The maximum absolute atomic E-state index is 11.3. The summed E-state index contributed by atoms with van der Waals surface area (Å²) >= 11 is 3.22. The van der Waals surface area contributed by atoms with Gasteiger partial charge in [0.2, 0.25) is 0 Å². The number of piperidine rings is 1. The molecule has 0 radical (unpaired) electrons. The summed E-state index contributed by atoms with van der Waals surface area (Å²) in [5, 5.41) is 22.5. The van der Waals surface area contributed by atoms with Crippen LogP contribution in [0.25, 0.3) is 0 Å². The molecule has 0 spiro atoms. The molecule has 7 nitrogen and oxygen atoms in total. The quantitative estimate of drug-likeness (QED) is 0.556. The van der Waals surface area contributed by atoms with E-state index < -0.39 is 11.1 Å². The highest BCUT2D eigenvalue weighted by Crippen LogP contribution is 2.42. The Kier molecular flexibility index (Phi) is 2.74. The average Bonchev–Trinajstić information content (AvgIpc) is 2.23. The second-order valence-corrected chi connectivity index (χ2v) is 5.87. The summed E-state index contributed by atoms with van der Waals surface area (Å²) in [4.78, 5) is 22.6. The van der Waals surface area contributed by atoms with Crippen LogP contribution >= 0.6 is 15.9 Å². The van der Waals surface area contributed by atoms with Crippen molar-refractivity contribution in [3.05, 3.63) is 30.8 Å². The molecule has 1 fully saturated rings. The lowest BCUT2D eigenvalue weighted by atomic mass is 9.72. The first-order valence-corrected chi connectivity index (χ1v) is 6.08. The Labute approximate surface area is 106 Å². The van der Waals surface area contributed by atoms with Gasteiger partial charge in [0.25, 0.3) is 5.54 Å². The van der Waals surface area contributed by atoms with Gasteiger partial charge in [-0.15, -0.1) is 0 Å². The Balaban J connectivity index is 2.52. The summed E-state index contributed by atoms with van der Waals surface area (Å²) in [6.45, 7) is 0.624. The standard InChI is InChI=1S/C9H12BrN3O4/c1-11-5-8(12(14)15)3-2-7(10)9(4-8,6-11)13(16)17/h2H,3-6H2,1H3/p+1. The van der Waals surface area contributed by atoms with Crippen LogP contribution in [0, 0.1) is 20.2 Å². The number of quaternary nitrogens is 1. The van der Waals surface area contributed by atoms with Gasteiger partial charge in [0.05, 0.1) is 11.5 Å². The number of nitrogens with zero attached hydrogens (tertiary/aromatic N) is 2. The largest absolute Gasteiger partial charge is 0.325 e. The third-order valence-electron chi connectivity index (χ3n) is 3.69. The highest BCUT2D eigenvalue weighted by atomic mass is 79.9. The summed E-state index contributed by atoms with van der Waals surface area (Å²) in [5.74, 6) is 0. The van der Waals surface area contributed by atoms with Gasteiger partial charge in [-0.3, -0.25) is 20.2 Å². The van der Waals surface area contributed by atoms with Crippen LogP contribution in [0.4, 0.5) is 0 Å². The second kappa shape index (κ2) is 3.74. The number of likely N-dealkylation sites (tertiary alicyclic amines) is 1. The molecule has 0 aromatic heterocycles. The van der Waals surface area contributed by atoms with E-state index in [-0.39, 0.29) is 29.2 Å². The summed E-state index contributed by atoms with van der Waals surface area (Å²) in [7, 11) is 1.77. The Morgan fingerprint density at radius 2 is 2.00 bits per heavy atom. The van der Waals surface area contributed by atoms with Gasteiger partial charge in [-0.2, -0.15) is 0 Å². The first-order chi connectivity index (χ1) is 7.82. The van der Waals surface area contributed by atoms with Crippen LogP contribution in [0.3, 0.4) is 0 Å². The normalized spacial score (nSPS) is 40.6. The SMILES string of the molecule is C[NH+]1CC2([N+](=O)[O-])CC=C(Br)C([N+](=O)[O-])(C1)C2. The van der Waals surface area contributed by atoms with E-state index in [0.717, 1.165) is 4.90 Å². The van der Waals surface area contributed by atoms with Crippen molar-refractivity contribution in [2.75, 3.05) is 20.1 Å². The van der Waals surface area contributed by atoms with Gasteiger partial charge < -0.3 is 4.90 Å². The monoisotopic (exact) mass is 306 g/mol. The van der Waals surface area contributed by atoms with Gasteiger partial charge in [0, 0.05) is 16.3 Å². The van der Waals surface area contributed by atoms with Crippen LogP contribution in [-0.4, -0.2) is 41.1 Å². The summed E-state index contributed by atoms with van der Waals surface area (Å²) in [5.41, 5.74) is -2.51. The Hall–Kier alpha value is -1.02. The lowest BCUT2D eigenvalue weighted by Gasteiger charge is -2.41. The fourth-order valence-corrected chi connectivity index (χ4v) is 3.58. The van der Waals surface area contributed by atoms with Crippen molar-refractivity contribution in [1.29, 1.82) is 0 Å². The lowest BCUT2D eigenvalue weighted by Crippen LogP contribution is -3.15. The van der Waals surface area contributed by atoms with Crippen molar-refractivity contribution in [3.63, 3.8) is 0 Å². The van der Waals surface area contributed by atoms with Gasteiger partial charge in [-0.05, 0) is 15.9 Å². The Bertz CT molecular complexity index is 426. The summed E-state index contributed by atoms with van der Waals surface area (Å²) in [6, 6.07) is 0. The maximum atomic E-state index is 11.3. The minimum Gasteiger partial charge on any atom is -0.325 e. The highest BCUT2D eigenvalue weighted by molar-refractivity contribution is 9.11. The molecular weight excluding hydrogens is 294 g/mol. The number of rotatable bonds is 2. The van der Waals surface area contributed by atoms with Crippen molar-refractivity contribution in [2.24, 2.45) is 0 Å². The topological polar surface area (TPSA) is 90.7 Å². The molecule has 2 bridgehead atoms. The molecule has 2 aliphatic rings. The van der Waals surface area contributed by atoms with E-state index in [1.54, 1.807) is 13.1 Å². The third kappa shape index (κ3) is 1.66. The van der Waals surface area contributed by atoms with Gasteiger partial charge in [0.15, 0.2) is 6.54 Å². The number of hydrogen-bond donors (Lipinski definition) is 1. The fourth-order valence-electron chi connectivity index (χ4n) is 3.00. The minimum absolute atomic E-state index is 0.0194. The van der Waals surface area contributed by atoms with Crippen LogP contribution in [0.5, 0.6) is 0 Å². The van der Waals surface area contributed by atoms with Crippen molar-refractivity contribution in [2.45, 2.75) is 23.9 Å². The van der Waals surface area contributed by atoms with E-state index in [1.807, 2.05) is 0 Å². The van der Waals surface area contributed by atoms with Crippen LogP contribution in [-0.2, 0) is 0 Å². The van der Waals surface area contributed by atoms with Crippen LogP contribution in [0.1, 0.15) is 12.8 Å². The predicted molar refractivity (Wildman–Crippen MR) is 62.3 cm³/mol. The lowest BCUT2D eigenvalue weighted by molar-refractivity contribution is -0.926. The molecule has 8 heteroatoms. The van der Waals surface area contributed by atoms with Gasteiger partial charge in [-0.1, -0.05) is 6.08 Å². The molecule has 1 N–H and O–H groups in total. The average molecular weight is 307 g/mol. The Morgan fingerprint density at radius 3 is 2.53 bits per heavy atom. The second-order valence-electron chi connectivity index (χ2n) is 5.01. The van der Waals surface area contributed by atoms with Gasteiger partial charge in [-0.25, -0.2) is 0 Å². The zero-order valence-corrected chi connectivity index (χ0v) is 10.9. The summed E-state index contributed by atoms with van der Waals surface area (Å²) < 4.78 is 0.478. The first-order valence-electron chi connectivity index (χ1n) is 5.29. The van der Waals surface area contributed by atoms with Crippen LogP contribution in [0.15, 0.2) is 10.6 Å². The molecule has 2 rings (SSSR count). The molecule has 3 unspecified atom stereocenters. The van der Waals surface area contributed by atoms with E-state index in [1.165, 1.54) is 0 Å². The number of halogens is 1. The molecule has 1 aliphatic carbocycles. The number of fused-ring (bicyclic) bond motifs is 2. The van der Waals surface area contributed by atoms with Crippen molar-refractivity contribution >= 4 is 15.9 Å². The zero-order valence-electron chi connectivity index (χ0n) is 9.31. The molecule has 1 saturated heterocycles.